The second kappa shape index (κ2) is 6.45. The van der Waals surface area contributed by atoms with Gasteiger partial charge in [0, 0.05) is 18.6 Å². The summed E-state index contributed by atoms with van der Waals surface area (Å²) in [7, 11) is -3.13. The summed E-state index contributed by atoms with van der Waals surface area (Å²) in [5, 5.41) is 3.08. The minimum atomic E-state index is -3.13. The maximum atomic E-state index is 11.6. The van der Waals surface area contributed by atoms with Gasteiger partial charge in [0.25, 0.3) is 0 Å². The number of sulfonamides is 1. The van der Waals surface area contributed by atoms with Crippen molar-refractivity contribution in [3.05, 3.63) is 0 Å². The molecule has 0 radical (unpaired) electrons. The molecule has 0 fully saturated rings. The van der Waals surface area contributed by atoms with Gasteiger partial charge in [-0.15, -0.1) is 0 Å². The second-order valence-electron chi connectivity index (χ2n) is 4.58. The average Bonchev–Trinajstić information content (AvgIpc) is 2.01. The van der Waals surface area contributed by atoms with E-state index >= 15 is 0 Å². The first kappa shape index (κ1) is 14.9. The Hall–Kier alpha value is -0.130. The van der Waals surface area contributed by atoms with Crippen LogP contribution < -0.4 is 10.0 Å². The van der Waals surface area contributed by atoms with Crippen LogP contribution in [0.1, 0.15) is 34.6 Å². The third-order valence-electron chi connectivity index (χ3n) is 2.29. The van der Waals surface area contributed by atoms with E-state index in [1.165, 1.54) is 0 Å². The van der Waals surface area contributed by atoms with Crippen molar-refractivity contribution < 1.29 is 8.42 Å². The van der Waals surface area contributed by atoms with E-state index in [2.05, 4.69) is 10.0 Å². The Morgan fingerprint density at radius 3 is 2.00 bits per heavy atom. The highest BCUT2D eigenvalue weighted by molar-refractivity contribution is 7.89. The molecule has 0 aromatic heterocycles. The van der Waals surface area contributed by atoms with E-state index in [4.69, 9.17) is 0 Å². The van der Waals surface area contributed by atoms with Crippen molar-refractivity contribution in [1.29, 1.82) is 0 Å². The molecule has 0 bridgehead atoms. The lowest BCUT2D eigenvalue weighted by atomic mass is 10.1. The first-order chi connectivity index (χ1) is 6.74. The molecule has 0 saturated carbocycles. The predicted molar refractivity (Wildman–Crippen MR) is 64.4 cm³/mol. The first-order valence-corrected chi connectivity index (χ1v) is 7.13. The van der Waals surface area contributed by atoms with Gasteiger partial charge in [-0.25, -0.2) is 13.1 Å². The molecule has 1 atom stereocenters. The van der Waals surface area contributed by atoms with Gasteiger partial charge in [0.2, 0.25) is 10.0 Å². The van der Waals surface area contributed by atoms with Gasteiger partial charge < -0.3 is 5.32 Å². The van der Waals surface area contributed by atoms with Crippen molar-refractivity contribution in [3.8, 4) is 0 Å². The standard InChI is InChI=1S/C10H24N2O2S/c1-8(2)10(5)12-15(13,14)7-6-11-9(3)4/h8-12H,6-7H2,1-5H3. The van der Waals surface area contributed by atoms with Crippen molar-refractivity contribution in [3.63, 3.8) is 0 Å². The van der Waals surface area contributed by atoms with Crippen LogP contribution >= 0.6 is 0 Å². The van der Waals surface area contributed by atoms with Crippen LogP contribution in [0.25, 0.3) is 0 Å². The van der Waals surface area contributed by atoms with Crippen molar-refractivity contribution in [2.75, 3.05) is 12.3 Å². The third kappa shape index (κ3) is 7.76. The molecule has 0 spiro atoms. The molecule has 0 amide bonds. The summed E-state index contributed by atoms with van der Waals surface area (Å²) < 4.78 is 25.8. The summed E-state index contributed by atoms with van der Waals surface area (Å²) in [5.41, 5.74) is 0. The lowest BCUT2D eigenvalue weighted by molar-refractivity contribution is 0.475. The Bertz CT molecular complexity index is 261. The Balaban J connectivity index is 3.98. The lowest BCUT2D eigenvalue weighted by Gasteiger charge is -2.17. The molecule has 0 rings (SSSR count). The van der Waals surface area contributed by atoms with Crippen LogP contribution in [0.15, 0.2) is 0 Å². The highest BCUT2D eigenvalue weighted by Crippen LogP contribution is 2.01. The Morgan fingerprint density at radius 2 is 1.60 bits per heavy atom. The van der Waals surface area contributed by atoms with E-state index in [1.54, 1.807) is 0 Å². The van der Waals surface area contributed by atoms with E-state index < -0.39 is 10.0 Å². The molecular weight excluding hydrogens is 212 g/mol. The third-order valence-corrected chi connectivity index (χ3v) is 3.76. The van der Waals surface area contributed by atoms with Crippen molar-refractivity contribution in [2.45, 2.75) is 46.7 Å². The van der Waals surface area contributed by atoms with E-state index in [0.717, 1.165) is 0 Å². The van der Waals surface area contributed by atoms with Gasteiger partial charge in [0.1, 0.15) is 0 Å². The fourth-order valence-corrected chi connectivity index (χ4v) is 2.30. The SMILES string of the molecule is CC(C)NCCS(=O)(=O)NC(C)C(C)C. The zero-order chi connectivity index (χ0) is 12.1. The Labute approximate surface area is 93.9 Å². The fourth-order valence-electron chi connectivity index (χ4n) is 0.960. The second-order valence-corrected chi connectivity index (χ2v) is 6.45. The quantitative estimate of drug-likeness (QED) is 0.692. The average molecular weight is 236 g/mol. The Kier molecular flexibility index (Phi) is 6.40. The molecule has 4 nitrogen and oxygen atoms in total. The van der Waals surface area contributed by atoms with Crippen molar-refractivity contribution in [2.24, 2.45) is 5.92 Å². The van der Waals surface area contributed by atoms with Gasteiger partial charge >= 0.3 is 0 Å². The van der Waals surface area contributed by atoms with Crippen molar-refractivity contribution >= 4 is 10.0 Å². The molecule has 1 unspecified atom stereocenters. The van der Waals surface area contributed by atoms with Gasteiger partial charge in [-0.2, -0.15) is 0 Å². The van der Waals surface area contributed by atoms with Gasteiger partial charge in [-0.1, -0.05) is 27.7 Å². The molecule has 0 aromatic rings. The summed E-state index contributed by atoms with van der Waals surface area (Å²) in [6.07, 6.45) is 0. The first-order valence-electron chi connectivity index (χ1n) is 5.48. The molecular formula is C10H24N2O2S. The van der Waals surface area contributed by atoms with Crippen LogP contribution in [-0.2, 0) is 10.0 Å². The summed E-state index contributed by atoms with van der Waals surface area (Å²) in [4.78, 5) is 0. The fraction of sp³-hybridized carbons (Fsp3) is 1.00. The molecule has 0 aromatic carbocycles. The highest BCUT2D eigenvalue weighted by Gasteiger charge is 2.16. The van der Waals surface area contributed by atoms with Crippen LogP contribution in [0.3, 0.4) is 0 Å². The number of hydrogen-bond donors (Lipinski definition) is 2. The van der Waals surface area contributed by atoms with Gasteiger partial charge in [0.05, 0.1) is 5.75 Å². The Morgan fingerprint density at radius 1 is 1.07 bits per heavy atom. The topological polar surface area (TPSA) is 58.2 Å². The minimum absolute atomic E-state index is 0.00551. The van der Waals surface area contributed by atoms with Gasteiger partial charge in [0.15, 0.2) is 0 Å². The largest absolute Gasteiger partial charge is 0.313 e. The molecule has 0 aliphatic carbocycles. The number of hydrogen-bond acceptors (Lipinski definition) is 3. The van der Waals surface area contributed by atoms with Crippen molar-refractivity contribution in [1.82, 2.24) is 10.0 Å². The summed E-state index contributed by atoms with van der Waals surface area (Å²) in [6.45, 7) is 10.4. The minimum Gasteiger partial charge on any atom is -0.313 e. The zero-order valence-electron chi connectivity index (χ0n) is 10.4. The predicted octanol–water partition coefficient (Wildman–Crippen LogP) is 0.948. The summed E-state index contributed by atoms with van der Waals surface area (Å²) in [6, 6.07) is 0.316. The molecule has 0 aliphatic heterocycles. The van der Waals surface area contributed by atoms with E-state index in [0.29, 0.717) is 18.5 Å². The molecule has 0 saturated heterocycles. The maximum Gasteiger partial charge on any atom is 0.213 e. The monoisotopic (exact) mass is 236 g/mol. The van der Waals surface area contributed by atoms with Crippen LogP contribution in [0.2, 0.25) is 0 Å². The van der Waals surface area contributed by atoms with Crippen LogP contribution in [-0.4, -0.2) is 32.8 Å². The van der Waals surface area contributed by atoms with Crippen LogP contribution in [0.4, 0.5) is 0 Å². The van der Waals surface area contributed by atoms with Gasteiger partial charge in [-0.05, 0) is 12.8 Å². The van der Waals surface area contributed by atoms with Crippen LogP contribution in [0, 0.1) is 5.92 Å². The smallest absolute Gasteiger partial charge is 0.213 e. The lowest BCUT2D eigenvalue weighted by Crippen LogP contribution is -2.40. The molecule has 0 heterocycles. The highest BCUT2D eigenvalue weighted by atomic mass is 32.2. The van der Waals surface area contributed by atoms with Crippen LogP contribution in [0.5, 0.6) is 0 Å². The molecule has 15 heavy (non-hydrogen) atoms. The summed E-state index contributed by atoms with van der Waals surface area (Å²) >= 11 is 0. The number of rotatable bonds is 7. The van der Waals surface area contributed by atoms with E-state index in [-0.39, 0.29) is 11.8 Å². The molecule has 2 N–H and O–H groups in total. The molecule has 5 heteroatoms. The number of nitrogens with one attached hydrogen (secondary N) is 2. The van der Waals surface area contributed by atoms with E-state index in [1.807, 2.05) is 34.6 Å². The zero-order valence-corrected chi connectivity index (χ0v) is 11.2. The van der Waals surface area contributed by atoms with E-state index in [9.17, 15) is 8.42 Å². The molecule has 92 valence electrons. The summed E-state index contributed by atoms with van der Waals surface area (Å²) in [5.74, 6) is 0.459. The van der Waals surface area contributed by atoms with Gasteiger partial charge in [-0.3, -0.25) is 0 Å². The maximum absolute atomic E-state index is 11.6. The molecule has 0 aliphatic rings. The normalized spacial score (nSPS) is 14.9.